The van der Waals surface area contributed by atoms with Crippen LogP contribution in [0.25, 0.3) is 0 Å². The van der Waals surface area contributed by atoms with Crippen LogP contribution in [0.1, 0.15) is 19.4 Å². The van der Waals surface area contributed by atoms with Gasteiger partial charge in [-0.25, -0.2) is 0 Å². The highest BCUT2D eigenvalue weighted by molar-refractivity contribution is 9.10. The van der Waals surface area contributed by atoms with Gasteiger partial charge in [-0.1, -0.05) is 6.07 Å². The second kappa shape index (κ2) is 4.76. The quantitative estimate of drug-likeness (QED) is 0.852. The Balaban J connectivity index is 2.34. The van der Waals surface area contributed by atoms with E-state index in [2.05, 4.69) is 65.1 Å². The van der Waals surface area contributed by atoms with Crippen molar-refractivity contribution in [3.63, 3.8) is 0 Å². The maximum absolute atomic E-state index is 3.68. The van der Waals surface area contributed by atoms with Crippen LogP contribution in [0, 0.1) is 6.92 Å². The third-order valence-electron chi connectivity index (χ3n) is 3.21. The number of halogens is 1. The summed E-state index contributed by atoms with van der Waals surface area (Å²) in [7, 11) is 0. The van der Waals surface area contributed by atoms with Gasteiger partial charge in [0.05, 0.1) is 5.69 Å². The fraction of sp³-hybridized carbons (Fsp3) is 0.538. The smallest absolute Gasteiger partial charge is 0.0516 e. The van der Waals surface area contributed by atoms with E-state index in [1.165, 1.54) is 15.7 Å². The van der Waals surface area contributed by atoms with Gasteiger partial charge in [0.2, 0.25) is 0 Å². The van der Waals surface area contributed by atoms with Gasteiger partial charge in [0.15, 0.2) is 0 Å². The van der Waals surface area contributed by atoms with E-state index in [1.54, 1.807) is 0 Å². The molecule has 0 bridgehead atoms. The molecule has 1 aromatic rings. The lowest BCUT2D eigenvalue weighted by Gasteiger charge is -2.41. The molecule has 1 aromatic carbocycles. The molecule has 1 heterocycles. The van der Waals surface area contributed by atoms with E-state index in [-0.39, 0.29) is 0 Å². The van der Waals surface area contributed by atoms with Gasteiger partial charge >= 0.3 is 0 Å². The third-order valence-corrected chi connectivity index (χ3v) is 3.85. The normalized spacial score (nSPS) is 25.9. The Hall–Kier alpha value is -0.540. The molecule has 3 heteroatoms. The predicted molar refractivity (Wildman–Crippen MR) is 73.2 cm³/mol. The van der Waals surface area contributed by atoms with Gasteiger partial charge in [-0.15, -0.1) is 0 Å². The van der Waals surface area contributed by atoms with E-state index < -0.39 is 0 Å². The van der Waals surface area contributed by atoms with Gasteiger partial charge in [0.1, 0.15) is 0 Å². The van der Waals surface area contributed by atoms with E-state index in [0.29, 0.717) is 12.1 Å². The van der Waals surface area contributed by atoms with Crippen molar-refractivity contribution in [1.29, 1.82) is 0 Å². The van der Waals surface area contributed by atoms with Gasteiger partial charge in [0, 0.05) is 29.6 Å². The Kier molecular flexibility index (Phi) is 3.55. The number of benzene rings is 1. The van der Waals surface area contributed by atoms with Crippen LogP contribution >= 0.6 is 15.9 Å². The van der Waals surface area contributed by atoms with E-state index in [1.807, 2.05) is 0 Å². The Bertz CT molecular complexity index is 368. The SMILES string of the molecule is Cc1ccc(N2C(C)CNCC2C)c(Br)c1. The number of rotatable bonds is 1. The molecule has 1 N–H and O–H groups in total. The van der Waals surface area contributed by atoms with Crippen LogP contribution in [0.4, 0.5) is 5.69 Å². The molecule has 2 unspecified atom stereocenters. The van der Waals surface area contributed by atoms with Gasteiger partial charge in [-0.2, -0.15) is 0 Å². The molecule has 1 fully saturated rings. The van der Waals surface area contributed by atoms with Crippen LogP contribution in [0.5, 0.6) is 0 Å². The summed E-state index contributed by atoms with van der Waals surface area (Å²) in [6.45, 7) is 8.79. The molecule has 2 nitrogen and oxygen atoms in total. The van der Waals surface area contributed by atoms with Crippen molar-refractivity contribution < 1.29 is 0 Å². The first kappa shape index (κ1) is 11.9. The zero-order valence-electron chi connectivity index (χ0n) is 10.1. The summed E-state index contributed by atoms with van der Waals surface area (Å²) in [5.74, 6) is 0. The molecule has 0 spiro atoms. The highest BCUT2D eigenvalue weighted by atomic mass is 79.9. The maximum atomic E-state index is 3.68. The van der Waals surface area contributed by atoms with Gasteiger partial charge in [-0.3, -0.25) is 0 Å². The van der Waals surface area contributed by atoms with Gasteiger partial charge < -0.3 is 10.2 Å². The van der Waals surface area contributed by atoms with Crippen LogP contribution in [0.3, 0.4) is 0 Å². The number of piperazine rings is 1. The van der Waals surface area contributed by atoms with Crippen molar-refractivity contribution in [3.05, 3.63) is 28.2 Å². The van der Waals surface area contributed by atoms with Gasteiger partial charge in [-0.05, 0) is 54.4 Å². The molecule has 16 heavy (non-hydrogen) atoms. The maximum Gasteiger partial charge on any atom is 0.0516 e. The number of hydrogen-bond donors (Lipinski definition) is 1. The Morgan fingerprint density at radius 3 is 2.44 bits per heavy atom. The number of anilines is 1. The molecule has 1 aliphatic heterocycles. The summed E-state index contributed by atoms with van der Waals surface area (Å²) in [5.41, 5.74) is 2.61. The zero-order chi connectivity index (χ0) is 11.7. The zero-order valence-corrected chi connectivity index (χ0v) is 11.7. The summed E-state index contributed by atoms with van der Waals surface area (Å²) in [5, 5.41) is 3.46. The van der Waals surface area contributed by atoms with E-state index in [9.17, 15) is 0 Å². The molecule has 0 aromatic heterocycles. The molecular weight excluding hydrogens is 264 g/mol. The Morgan fingerprint density at radius 1 is 1.25 bits per heavy atom. The van der Waals surface area contributed by atoms with Crippen molar-refractivity contribution in [2.75, 3.05) is 18.0 Å². The Labute approximate surface area is 106 Å². The molecule has 1 saturated heterocycles. The summed E-state index contributed by atoms with van der Waals surface area (Å²) in [6, 6.07) is 7.68. The highest BCUT2D eigenvalue weighted by Crippen LogP contribution is 2.31. The first-order valence-electron chi connectivity index (χ1n) is 5.85. The fourth-order valence-corrected chi connectivity index (χ4v) is 3.13. The number of nitrogens with zero attached hydrogens (tertiary/aromatic N) is 1. The average Bonchev–Trinajstić information content (AvgIpc) is 2.20. The number of nitrogens with one attached hydrogen (secondary N) is 1. The minimum atomic E-state index is 0.544. The van der Waals surface area contributed by atoms with E-state index in [0.717, 1.165) is 13.1 Å². The molecule has 0 amide bonds. The molecule has 0 radical (unpaired) electrons. The molecule has 0 aliphatic carbocycles. The lowest BCUT2D eigenvalue weighted by molar-refractivity contribution is 0.431. The van der Waals surface area contributed by atoms with Crippen molar-refractivity contribution in [2.45, 2.75) is 32.9 Å². The van der Waals surface area contributed by atoms with Gasteiger partial charge in [0.25, 0.3) is 0 Å². The van der Waals surface area contributed by atoms with Crippen LogP contribution in [-0.2, 0) is 0 Å². The minimum Gasteiger partial charge on any atom is -0.363 e. The van der Waals surface area contributed by atoms with Crippen molar-refractivity contribution in [1.82, 2.24) is 5.32 Å². The first-order valence-corrected chi connectivity index (χ1v) is 6.64. The second-order valence-corrected chi connectivity index (χ2v) is 5.57. The molecule has 1 aliphatic rings. The summed E-state index contributed by atoms with van der Waals surface area (Å²) in [6.07, 6.45) is 0. The summed E-state index contributed by atoms with van der Waals surface area (Å²) < 4.78 is 1.20. The second-order valence-electron chi connectivity index (χ2n) is 4.72. The molecule has 2 rings (SSSR count). The van der Waals surface area contributed by atoms with Crippen molar-refractivity contribution in [3.8, 4) is 0 Å². The standard InChI is InChI=1S/C13H19BrN2/c1-9-4-5-13(12(14)6-9)16-10(2)7-15-8-11(16)3/h4-6,10-11,15H,7-8H2,1-3H3. The van der Waals surface area contributed by atoms with E-state index >= 15 is 0 Å². The summed E-state index contributed by atoms with van der Waals surface area (Å²) in [4.78, 5) is 2.50. The van der Waals surface area contributed by atoms with Crippen LogP contribution < -0.4 is 10.2 Å². The largest absolute Gasteiger partial charge is 0.363 e. The highest BCUT2D eigenvalue weighted by Gasteiger charge is 2.25. The van der Waals surface area contributed by atoms with Crippen molar-refractivity contribution >= 4 is 21.6 Å². The van der Waals surface area contributed by atoms with E-state index in [4.69, 9.17) is 0 Å². The third kappa shape index (κ3) is 2.25. The summed E-state index contributed by atoms with van der Waals surface area (Å²) >= 11 is 3.68. The number of hydrogen-bond acceptors (Lipinski definition) is 2. The lowest BCUT2D eigenvalue weighted by Crippen LogP contribution is -2.55. The lowest BCUT2D eigenvalue weighted by atomic mass is 10.1. The average molecular weight is 283 g/mol. The monoisotopic (exact) mass is 282 g/mol. The van der Waals surface area contributed by atoms with Crippen LogP contribution in [0.15, 0.2) is 22.7 Å². The van der Waals surface area contributed by atoms with Crippen LogP contribution in [0.2, 0.25) is 0 Å². The predicted octanol–water partition coefficient (Wildman–Crippen LogP) is 2.94. The molecule has 0 saturated carbocycles. The van der Waals surface area contributed by atoms with Crippen LogP contribution in [-0.4, -0.2) is 25.2 Å². The first-order chi connectivity index (χ1) is 7.59. The molecule has 2 atom stereocenters. The molecular formula is C13H19BrN2. The number of aryl methyl sites for hydroxylation is 1. The Morgan fingerprint density at radius 2 is 1.88 bits per heavy atom. The minimum absolute atomic E-state index is 0.544. The topological polar surface area (TPSA) is 15.3 Å². The fourth-order valence-electron chi connectivity index (χ4n) is 2.43. The molecule has 88 valence electrons. The van der Waals surface area contributed by atoms with Crippen molar-refractivity contribution in [2.24, 2.45) is 0 Å².